The topological polar surface area (TPSA) is 0 Å². The lowest BCUT2D eigenvalue weighted by Crippen LogP contribution is -2.69. The van der Waals surface area contributed by atoms with Gasteiger partial charge in [-0.3, -0.25) is 0 Å². The smallest absolute Gasteiger partial charge is 0.142 e. The van der Waals surface area contributed by atoms with Gasteiger partial charge in [-0.25, -0.2) is 0 Å². The number of benzene rings is 2. The van der Waals surface area contributed by atoms with E-state index >= 15 is 0 Å². The third kappa shape index (κ3) is 2.68. The van der Waals surface area contributed by atoms with Crippen LogP contribution in [-0.4, -0.2) is 23.3 Å². The molecule has 0 saturated carbocycles. The summed E-state index contributed by atoms with van der Waals surface area (Å²) in [6.07, 6.45) is 2.60. The zero-order chi connectivity index (χ0) is 15.5. The molecule has 0 atom stereocenters. The molecule has 0 aromatic heterocycles. The summed E-state index contributed by atoms with van der Waals surface area (Å²) in [5.41, 5.74) is 0. The predicted molar refractivity (Wildman–Crippen MR) is 106 cm³/mol. The van der Waals surface area contributed by atoms with Crippen LogP contribution in [0, 0.1) is 0 Å². The highest BCUT2D eigenvalue weighted by Gasteiger charge is 2.52. The van der Waals surface area contributed by atoms with Crippen LogP contribution in [0.15, 0.2) is 60.7 Å². The Labute approximate surface area is 144 Å². The fourth-order valence-corrected chi connectivity index (χ4v) is 14.2. The van der Waals surface area contributed by atoms with Crippen LogP contribution in [-0.2, 0) is 0 Å². The summed E-state index contributed by atoms with van der Waals surface area (Å²) in [6.45, 7) is 4.98. The molecule has 0 N–H and O–H groups in total. The van der Waals surface area contributed by atoms with E-state index in [1.54, 1.807) is 10.4 Å². The van der Waals surface area contributed by atoms with Gasteiger partial charge in [0.25, 0.3) is 0 Å². The summed E-state index contributed by atoms with van der Waals surface area (Å²) in [5.74, 6) is 2.62. The quantitative estimate of drug-likeness (QED) is 0.754. The van der Waals surface area contributed by atoms with Crippen LogP contribution in [0.5, 0.6) is 0 Å². The minimum atomic E-state index is -1.83. The van der Waals surface area contributed by atoms with Gasteiger partial charge < -0.3 is 0 Å². The minimum absolute atomic E-state index is 0.355. The van der Waals surface area contributed by atoms with Crippen LogP contribution < -0.4 is 10.4 Å². The molecular formula is C19H24S2Si. The summed E-state index contributed by atoms with van der Waals surface area (Å²) >= 11 is 4.46. The molecule has 2 aromatic rings. The fraction of sp³-hybridized carbons (Fsp3) is 0.368. The van der Waals surface area contributed by atoms with Gasteiger partial charge in [-0.1, -0.05) is 84.5 Å². The molecule has 0 bridgehead atoms. The van der Waals surface area contributed by atoms with Gasteiger partial charge in [-0.05, 0) is 24.3 Å². The van der Waals surface area contributed by atoms with E-state index in [1.807, 2.05) is 0 Å². The molecule has 1 fully saturated rings. The molecule has 2 aromatic carbocycles. The van der Waals surface area contributed by atoms with Crippen molar-refractivity contribution in [3.05, 3.63) is 60.7 Å². The molecule has 0 nitrogen and oxygen atoms in total. The number of thioether (sulfide) groups is 2. The molecule has 1 saturated heterocycles. The highest BCUT2D eigenvalue weighted by atomic mass is 32.2. The van der Waals surface area contributed by atoms with E-state index in [1.165, 1.54) is 24.3 Å². The van der Waals surface area contributed by atoms with Crippen molar-refractivity contribution >= 4 is 42.0 Å². The Morgan fingerprint density at radius 2 is 1.32 bits per heavy atom. The van der Waals surface area contributed by atoms with Crippen LogP contribution in [0.4, 0.5) is 0 Å². The Balaban J connectivity index is 2.19. The van der Waals surface area contributed by atoms with Gasteiger partial charge in [0, 0.05) is 0 Å². The van der Waals surface area contributed by atoms with E-state index in [2.05, 4.69) is 97.7 Å². The standard InChI is InChI=1S/C19H24S2Si/c1-3-19(20-15-10-16-21-19)22(2,17-11-6-4-7-12-17)18-13-8-5-9-14-18/h4-9,11-14H,3,10,15-16H2,1-2H3. The summed E-state index contributed by atoms with van der Waals surface area (Å²) < 4.78 is 0.355. The first-order valence-corrected chi connectivity index (χ1v) is 12.6. The van der Waals surface area contributed by atoms with Crippen molar-refractivity contribution in [2.75, 3.05) is 11.5 Å². The maximum atomic E-state index is 2.59. The van der Waals surface area contributed by atoms with E-state index in [0.29, 0.717) is 3.70 Å². The Bertz CT molecular complexity index is 552. The molecule has 0 unspecified atom stereocenters. The van der Waals surface area contributed by atoms with Gasteiger partial charge in [0.15, 0.2) is 0 Å². The Kier molecular flexibility index (Phi) is 5.05. The van der Waals surface area contributed by atoms with Crippen molar-refractivity contribution in [1.82, 2.24) is 0 Å². The zero-order valence-corrected chi connectivity index (χ0v) is 16.1. The second kappa shape index (κ2) is 6.86. The molecule has 1 heterocycles. The first kappa shape index (κ1) is 16.2. The van der Waals surface area contributed by atoms with Gasteiger partial charge in [-0.15, -0.1) is 23.5 Å². The molecular weight excluding hydrogens is 320 g/mol. The summed E-state index contributed by atoms with van der Waals surface area (Å²) in [4.78, 5) is 0. The van der Waals surface area contributed by atoms with Crippen LogP contribution >= 0.6 is 23.5 Å². The lowest BCUT2D eigenvalue weighted by Gasteiger charge is -2.49. The van der Waals surface area contributed by atoms with E-state index in [0.717, 1.165) is 0 Å². The SMILES string of the molecule is CCC1([Si](C)(c2ccccc2)c2ccccc2)SCCCS1. The summed E-state index contributed by atoms with van der Waals surface area (Å²) in [5, 5.41) is 3.15. The Morgan fingerprint density at radius 1 is 0.864 bits per heavy atom. The lowest BCUT2D eigenvalue weighted by atomic mass is 10.4. The van der Waals surface area contributed by atoms with Crippen LogP contribution in [0.1, 0.15) is 19.8 Å². The number of hydrogen-bond donors (Lipinski definition) is 0. The molecule has 22 heavy (non-hydrogen) atoms. The van der Waals surface area contributed by atoms with Crippen LogP contribution in [0.3, 0.4) is 0 Å². The van der Waals surface area contributed by atoms with Crippen LogP contribution in [0.2, 0.25) is 6.55 Å². The number of hydrogen-bond acceptors (Lipinski definition) is 2. The van der Waals surface area contributed by atoms with Gasteiger partial charge >= 0.3 is 0 Å². The van der Waals surface area contributed by atoms with Crippen molar-refractivity contribution in [3.8, 4) is 0 Å². The Hall–Kier alpha value is -0.643. The van der Waals surface area contributed by atoms with E-state index in [9.17, 15) is 0 Å². The maximum Gasteiger partial charge on any atom is 0.142 e. The molecule has 1 aliphatic heterocycles. The third-order valence-corrected chi connectivity index (χ3v) is 16.3. The Morgan fingerprint density at radius 3 is 1.73 bits per heavy atom. The van der Waals surface area contributed by atoms with Crippen molar-refractivity contribution in [3.63, 3.8) is 0 Å². The first-order valence-electron chi connectivity index (χ1n) is 8.12. The monoisotopic (exact) mass is 344 g/mol. The van der Waals surface area contributed by atoms with Gasteiger partial charge in [0.2, 0.25) is 0 Å². The van der Waals surface area contributed by atoms with Crippen LogP contribution in [0.25, 0.3) is 0 Å². The third-order valence-electron chi connectivity index (χ3n) is 4.89. The van der Waals surface area contributed by atoms with Gasteiger partial charge in [0.1, 0.15) is 8.07 Å². The summed E-state index contributed by atoms with van der Waals surface area (Å²) in [7, 11) is -1.83. The molecule has 116 valence electrons. The average molecular weight is 345 g/mol. The molecule has 0 spiro atoms. The van der Waals surface area contributed by atoms with Gasteiger partial charge in [0.05, 0.1) is 3.70 Å². The van der Waals surface area contributed by atoms with Crippen molar-refractivity contribution in [2.45, 2.75) is 30.0 Å². The highest BCUT2D eigenvalue weighted by Crippen LogP contribution is 2.50. The molecule has 0 amide bonds. The second-order valence-electron chi connectivity index (χ2n) is 6.01. The lowest BCUT2D eigenvalue weighted by molar-refractivity contribution is 0.940. The minimum Gasteiger partial charge on any atom is -0.147 e. The van der Waals surface area contributed by atoms with Crippen molar-refractivity contribution in [1.29, 1.82) is 0 Å². The van der Waals surface area contributed by atoms with E-state index in [-0.39, 0.29) is 0 Å². The average Bonchev–Trinajstić information content (AvgIpc) is 2.63. The molecule has 0 radical (unpaired) electrons. The zero-order valence-electron chi connectivity index (χ0n) is 13.4. The van der Waals surface area contributed by atoms with E-state index in [4.69, 9.17) is 0 Å². The summed E-state index contributed by atoms with van der Waals surface area (Å²) in [6, 6.07) is 22.6. The maximum absolute atomic E-state index is 2.59. The number of rotatable bonds is 4. The molecule has 3 rings (SSSR count). The predicted octanol–water partition coefficient (Wildman–Crippen LogP) is 4.40. The highest BCUT2D eigenvalue weighted by molar-refractivity contribution is 8.21. The molecule has 0 aliphatic carbocycles. The molecule has 1 aliphatic rings. The first-order chi connectivity index (χ1) is 10.7. The van der Waals surface area contributed by atoms with Crippen molar-refractivity contribution < 1.29 is 0 Å². The van der Waals surface area contributed by atoms with E-state index < -0.39 is 8.07 Å². The largest absolute Gasteiger partial charge is 0.147 e. The fourth-order valence-electron chi connectivity index (χ4n) is 3.57. The van der Waals surface area contributed by atoms with Gasteiger partial charge in [-0.2, -0.15) is 0 Å². The molecule has 3 heteroatoms. The van der Waals surface area contributed by atoms with Crippen molar-refractivity contribution in [2.24, 2.45) is 0 Å². The second-order valence-corrected chi connectivity index (χ2v) is 14.0. The normalized spacial score (nSPS) is 18.1.